The van der Waals surface area contributed by atoms with E-state index in [1.54, 1.807) is 31.2 Å². The molecule has 34 heavy (non-hydrogen) atoms. The van der Waals surface area contributed by atoms with Crippen molar-refractivity contribution in [3.8, 4) is 0 Å². The van der Waals surface area contributed by atoms with Crippen LogP contribution in [0.2, 0.25) is 0 Å². The lowest BCUT2D eigenvalue weighted by atomic mass is 9.99. The van der Waals surface area contributed by atoms with E-state index in [-0.39, 0.29) is 33.4 Å². The van der Waals surface area contributed by atoms with Gasteiger partial charge in [-0.05, 0) is 36.8 Å². The van der Waals surface area contributed by atoms with Crippen LogP contribution in [-0.4, -0.2) is 23.5 Å². The van der Waals surface area contributed by atoms with Crippen molar-refractivity contribution in [2.24, 2.45) is 0 Å². The lowest BCUT2D eigenvalue weighted by molar-refractivity contribution is 0.0554. The number of nitrogens with zero attached hydrogens (tertiary/aromatic N) is 2. The van der Waals surface area contributed by atoms with Crippen molar-refractivity contribution in [3.63, 3.8) is 0 Å². The number of ether oxygens (including phenoxy) is 1. The zero-order chi connectivity index (χ0) is 24.0. The molecule has 1 aliphatic rings. The first kappa shape index (κ1) is 22.2. The second-order valence-corrected chi connectivity index (χ2v) is 9.49. The molecule has 1 atom stereocenters. The Morgan fingerprint density at radius 3 is 2.82 bits per heavy atom. The maximum atomic E-state index is 13.6. The number of hydrogen-bond donors (Lipinski definition) is 0. The topological polar surface area (TPSA) is 89.7 Å². The number of amides is 1. The monoisotopic (exact) mass is 536 g/mol. The second-order valence-electron chi connectivity index (χ2n) is 7.60. The fourth-order valence-corrected chi connectivity index (χ4v) is 5.39. The molecule has 2 aromatic carbocycles. The molecule has 3 heterocycles. The fourth-order valence-electron chi connectivity index (χ4n) is 3.98. The third-order valence-corrected chi connectivity index (χ3v) is 7.08. The van der Waals surface area contributed by atoms with Crippen LogP contribution in [0.5, 0.6) is 0 Å². The fraction of sp³-hybridized carbons (Fsp3) is 0.120. The highest BCUT2D eigenvalue weighted by Crippen LogP contribution is 2.43. The molecular weight excluding hydrogens is 520 g/mol. The quantitative estimate of drug-likeness (QED) is 0.250. The largest absolute Gasteiger partial charge is 0.457 e. The maximum Gasteiger partial charge on any atom is 0.350 e. The second kappa shape index (κ2) is 8.66. The van der Waals surface area contributed by atoms with Gasteiger partial charge in [0.1, 0.15) is 17.1 Å². The summed E-state index contributed by atoms with van der Waals surface area (Å²) in [5.74, 6) is -1.08. The van der Waals surface area contributed by atoms with E-state index in [0.717, 1.165) is 15.8 Å². The molecule has 0 fully saturated rings. The average Bonchev–Trinajstić information content (AvgIpc) is 3.35. The Balaban J connectivity index is 1.72. The van der Waals surface area contributed by atoms with Crippen LogP contribution < -0.4 is 10.3 Å². The molecule has 0 N–H and O–H groups in total. The number of thiazole rings is 1. The number of benzene rings is 2. The molecular formula is C25H17BrN2O5S. The minimum atomic E-state index is -0.775. The lowest BCUT2D eigenvalue weighted by Gasteiger charge is -2.22. The number of carbonyl (C=O) groups excluding carboxylic acids is 2. The first-order chi connectivity index (χ1) is 16.4. The summed E-state index contributed by atoms with van der Waals surface area (Å²) in [6, 6.07) is 13.4. The highest BCUT2D eigenvalue weighted by Gasteiger charge is 2.45. The molecule has 0 spiro atoms. The Bertz CT molecular complexity index is 1540. The number of aryl methyl sites for hydroxylation is 1. The molecule has 0 bridgehead atoms. The first-order valence-corrected chi connectivity index (χ1v) is 11.9. The van der Waals surface area contributed by atoms with Crippen molar-refractivity contribution in [2.45, 2.75) is 13.0 Å². The highest BCUT2D eigenvalue weighted by molar-refractivity contribution is 9.10. The third kappa shape index (κ3) is 3.57. The van der Waals surface area contributed by atoms with Crippen LogP contribution in [0, 0.1) is 6.92 Å². The molecule has 1 amide bonds. The normalized spacial score (nSPS) is 14.9. The molecule has 1 aliphatic heterocycles. The number of hydrogen-bond acceptors (Lipinski definition) is 7. The number of esters is 1. The first-order valence-electron chi connectivity index (χ1n) is 10.3. The molecule has 170 valence electrons. The van der Waals surface area contributed by atoms with Crippen LogP contribution in [0.3, 0.4) is 0 Å². The molecule has 7 nitrogen and oxygen atoms in total. The maximum absolute atomic E-state index is 13.6. The van der Waals surface area contributed by atoms with Crippen LogP contribution in [-0.2, 0) is 4.74 Å². The Labute approximate surface area is 206 Å². The van der Waals surface area contributed by atoms with E-state index in [1.807, 2.05) is 24.3 Å². The smallest absolute Gasteiger partial charge is 0.350 e. The van der Waals surface area contributed by atoms with E-state index in [2.05, 4.69) is 27.5 Å². The zero-order valence-corrected chi connectivity index (χ0v) is 20.3. The van der Waals surface area contributed by atoms with Crippen LogP contribution >= 0.6 is 27.3 Å². The van der Waals surface area contributed by atoms with Crippen LogP contribution in [0.15, 0.2) is 74.9 Å². The summed E-state index contributed by atoms with van der Waals surface area (Å²) < 4.78 is 11.9. The van der Waals surface area contributed by atoms with Gasteiger partial charge in [0.25, 0.3) is 5.91 Å². The molecule has 1 unspecified atom stereocenters. The van der Waals surface area contributed by atoms with E-state index in [0.29, 0.717) is 22.2 Å². The van der Waals surface area contributed by atoms with Crippen molar-refractivity contribution >= 4 is 55.2 Å². The predicted molar refractivity (Wildman–Crippen MR) is 133 cm³/mol. The minimum Gasteiger partial charge on any atom is -0.457 e. The van der Waals surface area contributed by atoms with Gasteiger partial charge in [-0.15, -0.1) is 0 Å². The van der Waals surface area contributed by atoms with Crippen LogP contribution in [0.4, 0.5) is 5.13 Å². The number of aromatic nitrogens is 1. The zero-order valence-electron chi connectivity index (χ0n) is 17.9. The van der Waals surface area contributed by atoms with Crippen molar-refractivity contribution in [2.75, 3.05) is 11.5 Å². The summed E-state index contributed by atoms with van der Waals surface area (Å²) in [6.07, 6.45) is 1.47. The van der Waals surface area contributed by atoms with Crippen molar-refractivity contribution in [1.29, 1.82) is 0 Å². The van der Waals surface area contributed by atoms with Gasteiger partial charge in [0, 0.05) is 4.47 Å². The number of fused-ring (bicyclic) bond motifs is 2. The third-order valence-electron chi connectivity index (χ3n) is 5.45. The van der Waals surface area contributed by atoms with Gasteiger partial charge in [-0.25, -0.2) is 9.78 Å². The lowest BCUT2D eigenvalue weighted by Crippen LogP contribution is -2.29. The van der Waals surface area contributed by atoms with E-state index in [9.17, 15) is 14.4 Å². The molecule has 5 rings (SSSR count). The number of para-hydroxylation sites is 1. The van der Waals surface area contributed by atoms with Gasteiger partial charge < -0.3 is 9.15 Å². The molecule has 0 radical (unpaired) electrons. The Morgan fingerprint density at radius 2 is 2.06 bits per heavy atom. The number of carbonyl (C=O) groups is 2. The van der Waals surface area contributed by atoms with E-state index in [1.165, 1.54) is 11.0 Å². The summed E-state index contributed by atoms with van der Waals surface area (Å²) >= 11 is 4.50. The molecule has 0 saturated carbocycles. The van der Waals surface area contributed by atoms with Crippen molar-refractivity contribution < 1.29 is 18.7 Å². The summed E-state index contributed by atoms with van der Waals surface area (Å²) in [7, 11) is 0. The number of anilines is 1. The Kier molecular flexibility index (Phi) is 5.66. The van der Waals surface area contributed by atoms with E-state index >= 15 is 0 Å². The number of rotatable bonds is 5. The van der Waals surface area contributed by atoms with Gasteiger partial charge in [0.15, 0.2) is 10.6 Å². The minimum absolute atomic E-state index is 0.0303. The molecule has 4 aromatic rings. The van der Waals surface area contributed by atoms with Crippen molar-refractivity contribution in [3.05, 3.63) is 103 Å². The van der Waals surface area contributed by atoms with E-state index in [4.69, 9.17) is 9.15 Å². The average molecular weight is 537 g/mol. The molecule has 0 saturated heterocycles. The van der Waals surface area contributed by atoms with Gasteiger partial charge in [-0.3, -0.25) is 14.5 Å². The van der Waals surface area contributed by atoms with Crippen LogP contribution in [0.1, 0.15) is 43.1 Å². The number of halogens is 1. The standard InChI is InChI=1S/C25H17BrN2O5S/c1-3-11-32-24(31)22-13(2)27-25(34-22)28-19(14-7-6-8-15(26)12-14)18-20(29)16-9-4-5-10-17(16)33-21(18)23(28)30/h3-10,12,19H,1,11H2,2H3. The predicted octanol–water partition coefficient (Wildman–Crippen LogP) is 5.41. The molecule has 2 aromatic heterocycles. The van der Waals surface area contributed by atoms with Gasteiger partial charge in [-0.2, -0.15) is 0 Å². The molecule has 9 heteroatoms. The van der Waals surface area contributed by atoms with Crippen molar-refractivity contribution in [1.82, 2.24) is 4.98 Å². The summed E-state index contributed by atoms with van der Waals surface area (Å²) in [6.45, 7) is 5.28. The SMILES string of the molecule is C=CCOC(=O)c1sc(N2C(=O)c3oc4ccccc4c(=O)c3C2c2cccc(Br)c2)nc1C. The highest BCUT2D eigenvalue weighted by atomic mass is 79.9. The van der Waals surface area contributed by atoms with Gasteiger partial charge in [0.2, 0.25) is 5.76 Å². The van der Waals surface area contributed by atoms with E-state index < -0.39 is 17.9 Å². The Hall–Kier alpha value is -3.56. The molecule has 0 aliphatic carbocycles. The summed E-state index contributed by atoms with van der Waals surface area (Å²) in [5.41, 5.74) is 1.42. The van der Waals surface area contributed by atoms with Crippen LogP contribution in [0.25, 0.3) is 11.0 Å². The van der Waals surface area contributed by atoms with Gasteiger partial charge in [0.05, 0.1) is 22.7 Å². The summed E-state index contributed by atoms with van der Waals surface area (Å²) in [4.78, 5) is 45.9. The van der Waals surface area contributed by atoms with Gasteiger partial charge >= 0.3 is 5.97 Å². The summed E-state index contributed by atoms with van der Waals surface area (Å²) in [5, 5.41) is 0.660. The Morgan fingerprint density at radius 1 is 1.26 bits per heavy atom. The van der Waals surface area contributed by atoms with Gasteiger partial charge in [-0.1, -0.05) is 64.2 Å².